The van der Waals surface area contributed by atoms with Crippen LogP contribution in [0.25, 0.3) is 0 Å². The van der Waals surface area contributed by atoms with Crippen LogP contribution in [-0.4, -0.2) is 33.0 Å². The van der Waals surface area contributed by atoms with Gasteiger partial charge in [0.2, 0.25) is 5.91 Å². The lowest BCUT2D eigenvalue weighted by molar-refractivity contribution is -0.127. The summed E-state index contributed by atoms with van der Waals surface area (Å²) in [6, 6.07) is 0. The van der Waals surface area contributed by atoms with Gasteiger partial charge in [0, 0.05) is 12.8 Å². The summed E-state index contributed by atoms with van der Waals surface area (Å²) < 4.78 is 0. The summed E-state index contributed by atoms with van der Waals surface area (Å²) >= 11 is 3.20. The van der Waals surface area contributed by atoms with E-state index < -0.39 is 11.6 Å². The molecule has 0 aromatic rings. The Balaban J connectivity index is 4.05. The van der Waals surface area contributed by atoms with Gasteiger partial charge >= 0.3 is 6.09 Å². The molecule has 0 saturated carbocycles. The molecule has 0 heterocycles. The fourth-order valence-corrected chi connectivity index (χ4v) is 1.52. The van der Waals surface area contributed by atoms with E-state index in [1.165, 1.54) is 0 Å². The number of alkyl halides is 1. The van der Waals surface area contributed by atoms with Crippen molar-refractivity contribution in [3.8, 4) is 11.8 Å². The summed E-state index contributed by atoms with van der Waals surface area (Å²) in [7, 11) is 0. The molecule has 0 aliphatic heterocycles. The first-order valence-corrected chi connectivity index (χ1v) is 7.25. The van der Waals surface area contributed by atoms with Crippen LogP contribution in [0.15, 0.2) is 0 Å². The molecular weight excluding hydrogens is 312 g/mol. The van der Waals surface area contributed by atoms with Crippen LogP contribution in [0.2, 0.25) is 0 Å². The van der Waals surface area contributed by atoms with Crippen LogP contribution in [0.4, 0.5) is 4.79 Å². The second-order valence-corrected chi connectivity index (χ2v) is 5.58. The molecule has 6 heteroatoms. The van der Waals surface area contributed by atoms with Crippen LogP contribution in [0.5, 0.6) is 0 Å². The molecule has 0 bridgehead atoms. The average Bonchev–Trinajstić information content (AvgIpc) is 2.28. The molecule has 2 amide bonds. The molecule has 0 rings (SSSR count). The standard InChI is InChI=1S/C13H21BrN2O3/c1-13(2,3)16(12(18)19)15-11(17)9-7-5-4-6-8-10-14/h4-5,7,9-10H2,1-3H3,(H,15,17)(H,18,19). The quantitative estimate of drug-likeness (QED) is 0.360. The third kappa shape index (κ3) is 8.49. The van der Waals surface area contributed by atoms with E-state index >= 15 is 0 Å². The Morgan fingerprint density at radius 1 is 1.26 bits per heavy atom. The minimum atomic E-state index is -1.16. The maximum Gasteiger partial charge on any atom is 0.426 e. The van der Waals surface area contributed by atoms with Crippen molar-refractivity contribution in [2.24, 2.45) is 0 Å². The first-order chi connectivity index (χ1) is 8.79. The minimum Gasteiger partial charge on any atom is -0.464 e. The van der Waals surface area contributed by atoms with Crippen molar-refractivity contribution in [1.82, 2.24) is 10.4 Å². The van der Waals surface area contributed by atoms with Gasteiger partial charge in [0.15, 0.2) is 0 Å². The molecule has 0 atom stereocenters. The van der Waals surface area contributed by atoms with Crippen LogP contribution in [-0.2, 0) is 4.79 Å². The van der Waals surface area contributed by atoms with Gasteiger partial charge < -0.3 is 5.11 Å². The van der Waals surface area contributed by atoms with Crippen LogP contribution in [0.1, 0.15) is 46.5 Å². The fourth-order valence-electron chi connectivity index (χ4n) is 1.32. The molecule has 0 fully saturated rings. The predicted octanol–water partition coefficient (Wildman–Crippen LogP) is 2.75. The highest BCUT2D eigenvalue weighted by atomic mass is 79.9. The molecule has 0 aromatic carbocycles. The second kappa shape index (κ2) is 8.81. The van der Waals surface area contributed by atoms with E-state index in [0.29, 0.717) is 18.2 Å². The first kappa shape index (κ1) is 17.8. The Bertz CT molecular complexity index is 366. The van der Waals surface area contributed by atoms with Gasteiger partial charge in [-0.2, -0.15) is 0 Å². The summed E-state index contributed by atoms with van der Waals surface area (Å²) in [5.74, 6) is 5.56. The highest BCUT2D eigenvalue weighted by Gasteiger charge is 2.27. The molecule has 5 nitrogen and oxygen atoms in total. The number of carboxylic acid groups (broad SMARTS) is 1. The van der Waals surface area contributed by atoms with Crippen molar-refractivity contribution < 1.29 is 14.7 Å². The average molecular weight is 333 g/mol. The van der Waals surface area contributed by atoms with E-state index in [0.717, 1.165) is 17.9 Å². The van der Waals surface area contributed by atoms with Gasteiger partial charge in [-0.05, 0) is 33.6 Å². The Hall–Kier alpha value is -1.22. The molecule has 0 saturated heterocycles. The van der Waals surface area contributed by atoms with Crippen molar-refractivity contribution in [1.29, 1.82) is 0 Å². The van der Waals surface area contributed by atoms with Gasteiger partial charge in [0.05, 0.1) is 10.9 Å². The van der Waals surface area contributed by atoms with Crippen LogP contribution >= 0.6 is 15.9 Å². The number of unbranched alkanes of at least 4 members (excludes halogenated alkanes) is 2. The number of hydrogen-bond acceptors (Lipinski definition) is 2. The molecule has 19 heavy (non-hydrogen) atoms. The second-order valence-electron chi connectivity index (χ2n) is 5.02. The molecule has 0 aliphatic carbocycles. The van der Waals surface area contributed by atoms with E-state index in [1.54, 1.807) is 20.8 Å². The normalized spacial score (nSPS) is 10.3. The van der Waals surface area contributed by atoms with Crippen molar-refractivity contribution in [3.63, 3.8) is 0 Å². The van der Waals surface area contributed by atoms with Crippen molar-refractivity contribution in [3.05, 3.63) is 0 Å². The van der Waals surface area contributed by atoms with Crippen molar-refractivity contribution in [2.75, 3.05) is 5.33 Å². The monoisotopic (exact) mass is 332 g/mol. The molecule has 0 aliphatic rings. The van der Waals surface area contributed by atoms with Gasteiger partial charge in [-0.1, -0.05) is 21.9 Å². The molecule has 0 unspecified atom stereocenters. The lowest BCUT2D eigenvalue weighted by atomic mass is 10.1. The smallest absolute Gasteiger partial charge is 0.426 e. The molecule has 2 N–H and O–H groups in total. The third-order valence-electron chi connectivity index (χ3n) is 2.25. The van der Waals surface area contributed by atoms with Gasteiger partial charge in [0.25, 0.3) is 0 Å². The summed E-state index contributed by atoms with van der Waals surface area (Å²) in [5, 5.41) is 10.6. The summed E-state index contributed by atoms with van der Waals surface area (Å²) in [6.45, 7) is 5.16. The van der Waals surface area contributed by atoms with E-state index in [2.05, 4.69) is 33.2 Å². The highest BCUT2D eigenvalue weighted by molar-refractivity contribution is 9.09. The molecule has 0 spiro atoms. The highest BCUT2D eigenvalue weighted by Crippen LogP contribution is 2.11. The Morgan fingerprint density at radius 3 is 2.37 bits per heavy atom. The van der Waals surface area contributed by atoms with E-state index in [-0.39, 0.29) is 5.91 Å². The topological polar surface area (TPSA) is 69.6 Å². The molecule has 0 radical (unpaired) electrons. The number of hydrazine groups is 1. The molecule has 0 aromatic heterocycles. The third-order valence-corrected chi connectivity index (χ3v) is 2.53. The van der Waals surface area contributed by atoms with Gasteiger partial charge in [0.1, 0.15) is 0 Å². The Kier molecular flexibility index (Phi) is 8.24. The number of amides is 2. The largest absolute Gasteiger partial charge is 0.464 e. The number of nitrogens with zero attached hydrogens (tertiary/aromatic N) is 1. The summed E-state index contributed by atoms with van der Waals surface area (Å²) in [5.41, 5.74) is 1.75. The Labute approximate surface area is 122 Å². The Morgan fingerprint density at radius 2 is 1.89 bits per heavy atom. The van der Waals surface area contributed by atoms with Gasteiger partial charge in [-0.25, -0.2) is 9.80 Å². The van der Waals surface area contributed by atoms with E-state index in [1.807, 2.05) is 0 Å². The van der Waals surface area contributed by atoms with Crippen molar-refractivity contribution >= 4 is 27.9 Å². The fraction of sp³-hybridized carbons (Fsp3) is 0.692. The zero-order chi connectivity index (χ0) is 14.9. The number of carbonyl (C=O) groups excluding carboxylic acids is 1. The number of rotatable bonds is 4. The first-order valence-electron chi connectivity index (χ1n) is 6.13. The number of nitrogens with one attached hydrogen (secondary N) is 1. The maximum absolute atomic E-state index is 11.6. The van der Waals surface area contributed by atoms with E-state index in [4.69, 9.17) is 5.11 Å². The van der Waals surface area contributed by atoms with Gasteiger partial charge in [-0.3, -0.25) is 10.2 Å². The number of carbonyl (C=O) groups is 2. The number of hydrogen-bond donors (Lipinski definition) is 2. The number of halogens is 1. The summed E-state index contributed by atoms with van der Waals surface area (Å²) in [6.07, 6.45) is 1.41. The van der Waals surface area contributed by atoms with Crippen LogP contribution in [0, 0.1) is 11.8 Å². The zero-order valence-corrected chi connectivity index (χ0v) is 13.2. The van der Waals surface area contributed by atoms with Crippen LogP contribution < -0.4 is 5.43 Å². The maximum atomic E-state index is 11.6. The zero-order valence-electron chi connectivity index (χ0n) is 11.6. The SMILES string of the molecule is CC(C)(C)N(NC(=O)CCCCC#CCBr)C(=O)O. The van der Waals surface area contributed by atoms with E-state index in [9.17, 15) is 9.59 Å². The van der Waals surface area contributed by atoms with Crippen LogP contribution in [0.3, 0.4) is 0 Å². The van der Waals surface area contributed by atoms with Gasteiger partial charge in [-0.15, -0.1) is 5.92 Å². The summed E-state index contributed by atoms with van der Waals surface area (Å²) in [4.78, 5) is 22.7. The molecule has 108 valence electrons. The lowest BCUT2D eigenvalue weighted by Gasteiger charge is -2.32. The predicted molar refractivity (Wildman–Crippen MR) is 77.8 cm³/mol. The molecular formula is C13H21BrN2O3. The van der Waals surface area contributed by atoms with Crippen molar-refractivity contribution in [2.45, 2.75) is 52.0 Å². The minimum absolute atomic E-state index is 0.286. The lowest BCUT2D eigenvalue weighted by Crippen LogP contribution is -2.55.